The summed E-state index contributed by atoms with van der Waals surface area (Å²) in [7, 11) is 0. The number of halogens is 1. The number of nitrogens with zero attached hydrogens (tertiary/aromatic N) is 1. The number of rotatable bonds is 1. The molecule has 0 bridgehead atoms. The van der Waals surface area contributed by atoms with E-state index in [0.717, 1.165) is 32.5 Å². The van der Waals surface area contributed by atoms with Gasteiger partial charge in [-0.3, -0.25) is 0 Å². The lowest BCUT2D eigenvalue weighted by molar-refractivity contribution is 0.0366. The van der Waals surface area contributed by atoms with Crippen LogP contribution in [-0.2, 0) is 4.74 Å². The molecule has 1 unspecified atom stereocenters. The van der Waals surface area contributed by atoms with Gasteiger partial charge in [-0.2, -0.15) is 0 Å². The Morgan fingerprint density at radius 1 is 1.53 bits per heavy atom. The van der Waals surface area contributed by atoms with Gasteiger partial charge in [0.05, 0.1) is 6.54 Å². The molecule has 1 amide bonds. The van der Waals surface area contributed by atoms with Gasteiger partial charge < -0.3 is 15.0 Å². The maximum absolute atomic E-state index is 11.6. The molecule has 0 aromatic heterocycles. The van der Waals surface area contributed by atoms with E-state index in [1.54, 1.807) is 0 Å². The van der Waals surface area contributed by atoms with E-state index in [2.05, 4.69) is 5.32 Å². The van der Waals surface area contributed by atoms with Crippen molar-refractivity contribution in [3.63, 3.8) is 0 Å². The summed E-state index contributed by atoms with van der Waals surface area (Å²) >= 11 is 0. The van der Waals surface area contributed by atoms with Crippen molar-refractivity contribution >= 4 is 18.5 Å². The van der Waals surface area contributed by atoms with Crippen LogP contribution in [0.5, 0.6) is 0 Å². The highest BCUT2D eigenvalue weighted by atomic mass is 35.5. The summed E-state index contributed by atoms with van der Waals surface area (Å²) in [6, 6.07) is 0.240. The van der Waals surface area contributed by atoms with Gasteiger partial charge in [-0.25, -0.2) is 4.79 Å². The largest absolute Gasteiger partial charge is 0.440 e. The van der Waals surface area contributed by atoms with E-state index in [4.69, 9.17) is 4.74 Å². The summed E-state index contributed by atoms with van der Waals surface area (Å²) in [5.74, 6) is 0. The smallest absolute Gasteiger partial charge is 0.410 e. The molecular formula is C10H19ClN2O2. The van der Waals surface area contributed by atoms with Crippen molar-refractivity contribution in [2.75, 3.05) is 19.6 Å². The minimum atomic E-state index is -0.237. The second-order valence-corrected chi connectivity index (χ2v) is 4.55. The van der Waals surface area contributed by atoms with Crippen molar-refractivity contribution in [1.29, 1.82) is 0 Å². The van der Waals surface area contributed by atoms with Crippen molar-refractivity contribution in [2.24, 2.45) is 0 Å². The fraction of sp³-hybridized carbons (Fsp3) is 0.900. The van der Waals surface area contributed by atoms with Gasteiger partial charge in [-0.05, 0) is 33.2 Å². The Morgan fingerprint density at radius 3 is 2.73 bits per heavy atom. The van der Waals surface area contributed by atoms with E-state index in [1.807, 2.05) is 18.7 Å². The molecule has 88 valence electrons. The van der Waals surface area contributed by atoms with Crippen LogP contribution in [0.15, 0.2) is 0 Å². The first-order valence-corrected chi connectivity index (χ1v) is 5.33. The third-order valence-electron chi connectivity index (χ3n) is 3.05. The summed E-state index contributed by atoms with van der Waals surface area (Å²) in [6.45, 7) is 6.65. The molecule has 1 N–H and O–H groups in total. The number of ether oxygens (including phenoxy) is 1. The van der Waals surface area contributed by atoms with Crippen molar-refractivity contribution < 1.29 is 9.53 Å². The maximum atomic E-state index is 11.6. The molecule has 1 spiro atoms. The van der Waals surface area contributed by atoms with Crippen LogP contribution in [0.3, 0.4) is 0 Å². The highest BCUT2D eigenvalue weighted by Crippen LogP contribution is 2.30. The van der Waals surface area contributed by atoms with Crippen molar-refractivity contribution in [3.8, 4) is 0 Å². The van der Waals surface area contributed by atoms with Crippen LogP contribution in [0.1, 0.15) is 26.7 Å². The molecule has 0 aromatic rings. The summed E-state index contributed by atoms with van der Waals surface area (Å²) < 4.78 is 5.49. The molecule has 5 heteroatoms. The van der Waals surface area contributed by atoms with Gasteiger partial charge in [0, 0.05) is 12.6 Å². The van der Waals surface area contributed by atoms with Gasteiger partial charge in [0.2, 0.25) is 0 Å². The van der Waals surface area contributed by atoms with Crippen LogP contribution in [-0.4, -0.2) is 42.3 Å². The van der Waals surface area contributed by atoms with Gasteiger partial charge >= 0.3 is 6.09 Å². The molecule has 0 aliphatic carbocycles. The molecule has 4 nitrogen and oxygen atoms in total. The quantitative estimate of drug-likeness (QED) is 0.746. The SMILES string of the molecule is CC(C)N1CC2(CCCNC2)OC1=O.Cl. The monoisotopic (exact) mass is 234 g/mol. The van der Waals surface area contributed by atoms with Crippen LogP contribution < -0.4 is 5.32 Å². The zero-order chi connectivity index (χ0) is 10.2. The Labute approximate surface area is 96.7 Å². The number of carbonyl (C=O) groups excluding carboxylic acids is 1. The normalized spacial score (nSPS) is 30.6. The molecule has 2 rings (SSSR count). The standard InChI is InChI=1S/C10H18N2O2.ClH/c1-8(2)12-7-10(14-9(12)13)4-3-5-11-6-10;/h8,11H,3-7H2,1-2H3;1H. The van der Waals surface area contributed by atoms with Crippen LogP contribution in [0.4, 0.5) is 4.79 Å². The van der Waals surface area contributed by atoms with E-state index < -0.39 is 0 Å². The van der Waals surface area contributed by atoms with Crippen LogP contribution in [0.25, 0.3) is 0 Å². The lowest BCUT2D eigenvalue weighted by Crippen LogP contribution is -2.49. The van der Waals surface area contributed by atoms with Crippen LogP contribution >= 0.6 is 12.4 Å². The molecule has 1 atom stereocenters. The molecule has 15 heavy (non-hydrogen) atoms. The zero-order valence-corrected chi connectivity index (χ0v) is 10.1. The van der Waals surface area contributed by atoms with Gasteiger partial charge in [-0.1, -0.05) is 0 Å². The van der Waals surface area contributed by atoms with Gasteiger partial charge in [0.15, 0.2) is 0 Å². The zero-order valence-electron chi connectivity index (χ0n) is 9.28. The number of carbonyl (C=O) groups is 1. The predicted octanol–water partition coefficient (Wildman–Crippen LogP) is 1.39. The molecule has 2 saturated heterocycles. The first-order chi connectivity index (χ1) is 6.63. The third kappa shape index (κ3) is 2.37. The molecule has 2 aliphatic rings. The average molecular weight is 235 g/mol. The van der Waals surface area contributed by atoms with E-state index in [9.17, 15) is 4.79 Å². The van der Waals surface area contributed by atoms with Gasteiger partial charge in [0.25, 0.3) is 0 Å². The molecule has 2 fully saturated rings. The van der Waals surface area contributed by atoms with E-state index in [-0.39, 0.29) is 30.1 Å². The van der Waals surface area contributed by atoms with E-state index >= 15 is 0 Å². The van der Waals surface area contributed by atoms with Crippen molar-refractivity contribution in [2.45, 2.75) is 38.3 Å². The van der Waals surface area contributed by atoms with Gasteiger partial charge in [-0.15, -0.1) is 12.4 Å². The predicted molar refractivity (Wildman–Crippen MR) is 60.4 cm³/mol. The molecule has 0 radical (unpaired) electrons. The van der Waals surface area contributed by atoms with Crippen molar-refractivity contribution in [1.82, 2.24) is 10.2 Å². The Hall–Kier alpha value is -0.480. The first-order valence-electron chi connectivity index (χ1n) is 5.33. The Bertz CT molecular complexity index is 240. The fourth-order valence-electron chi connectivity index (χ4n) is 2.21. The number of nitrogens with one attached hydrogen (secondary N) is 1. The molecule has 2 heterocycles. The topological polar surface area (TPSA) is 41.6 Å². The maximum Gasteiger partial charge on any atom is 0.410 e. The average Bonchev–Trinajstić information content (AvgIpc) is 2.44. The molecule has 2 aliphatic heterocycles. The summed E-state index contributed by atoms with van der Waals surface area (Å²) in [5, 5.41) is 3.29. The highest BCUT2D eigenvalue weighted by molar-refractivity contribution is 5.85. The lowest BCUT2D eigenvalue weighted by atomic mass is 9.94. The van der Waals surface area contributed by atoms with E-state index in [0.29, 0.717) is 0 Å². The second-order valence-electron chi connectivity index (χ2n) is 4.55. The van der Waals surface area contributed by atoms with Crippen LogP contribution in [0.2, 0.25) is 0 Å². The minimum Gasteiger partial charge on any atom is -0.440 e. The number of piperidine rings is 1. The van der Waals surface area contributed by atoms with E-state index in [1.165, 1.54) is 0 Å². The Kier molecular flexibility index (Phi) is 3.84. The van der Waals surface area contributed by atoms with Crippen LogP contribution in [0, 0.1) is 0 Å². The van der Waals surface area contributed by atoms with Crippen molar-refractivity contribution in [3.05, 3.63) is 0 Å². The summed E-state index contributed by atoms with van der Waals surface area (Å²) in [6.07, 6.45) is 1.94. The number of amides is 1. The first kappa shape index (κ1) is 12.6. The molecule has 0 aromatic carbocycles. The summed E-state index contributed by atoms with van der Waals surface area (Å²) in [5.41, 5.74) is -0.237. The van der Waals surface area contributed by atoms with Gasteiger partial charge in [0.1, 0.15) is 5.60 Å². The number of hydrogen-bond acceptors (Lipinski definition) is 3. The molecule has 0 saturated carbocycles. The third-order valence-corrected chi connectivity index (χ3v) is 3.05. The fourth-order valence-corrected chi connectivity index (χ4v) is 2.21. The number of hydrogen-bond donors (Lipinski definition) is 1. The highest BCUT2D eigenvalue weighted by Gasteiger charge is 2.46. The second kappa shape index (κ2) is 4.58. The summed E-state index contributed by atoms with van der Waals surface area (Å²) in [4.78, 5) is 13.4. The Balaban J connectivity index is 0.00000112. The molecular weight excluding hydrogens is 216 g/mol. The Morgan fingerprint density at radius 2 is 2.27 bits per heavy atom. The lowest BCUT2D eigenvalue weighted by Gasteiger charge is -2.31. The minimum absolute atomic E-state index is 0.